The van der Waals surface area contributed by atoms with E-state index >= 15 is 0 Å². The van der Waals surface area contributed by atoms with Crippen molar-refractivity contribution in [3.63, 3.8) is 0 Å². The molecule has 0 heterocycles. The molecule has 0 fully saturated rings. The van der Waals surface area contributed by atoms with Crippen molar-refractivity contribution in [3.05, 3.63) is 29.0 Å². The third-order valence-electron chi connectivity index (χ3n) is 2.00. The molecule has 0 aliphatic heterocycles. The second-order valence-corrected chi connectivity index (χ2v) is 2.93. The number of hydrogen-bond donors (Lipinski definition) is 1. The minimum atomic E-state index is 0.544. The van der Waals surface area contributed by atoms with Crippen LogP contribution in [0.4, 0.5) is 0 Å². The van der Waals surface area contributed by atoms with Crippen molar-refractivity contribution in [2.24, 2.45) is 0 Å². The number of nitrogens with zero attached hydrogens (tertiary/aromatic N) is 3. The summed E-state index contributed by atoms with van der Waals surface area (Å²) in [6.07, 6.45) is 4.16. The van der Waals surface area contributed by atoms with Crippen LogP contribution in [0.15, 0.2) is 23.4 Å². The molecule has 1 N–H and O–H groups in total. The third kappa shape index (κ3) is 2.05. The maximum absolute atomic E-state index is 9.43. The summed E-state index contributed by atoms with van der Waals surface area (Å²) >= 11 is 0. The van der Waals surface area contributed by atoms with Crippen LogP contribution in [0, 0.1) is 0 Å². The van der Waals surface area contributed by atoms with Crippen molar-refractivity contribution in [1.29, 1.82) is 0 Å². The Labute approximate surface area is 77.4 Å². The molecule has 0 unspecified atom stereocenters. The zero-order valence-electron chi connectivity index (χ0n) is 7.86. The first-order valence-electron chi connectivity index (χ1n) is 4.25. The van der Waals surface area contributed by atoms with Crippen molar-refractivity contribution in [2.75, 3.05) is 6.54 Å². The lowest BCUT2D eigenvalue weighted by Gasteiger charge is -2.20. The minimum absolute atomic E-state index is 0.544. The van der Waals surface area contributed by atoms with Gasteiger partial charge < -0.3 is 5.53 Å². The summed E-state index contributed by atoms with van der Waals surface area (Å²) in [5.41, 5.74) is 10.8. The molecule has 0 saturated carbocycles. The summed E-state index contributed by atoms with van der Waals surface area (Å²) in [7, 11) is 0. The summed E-state index contributed by atoms with van der Waals surface area (Å²) in [4.78, 5) is 3.11. The molecular formula is C9H13N3O. The first-order valence-corrected chi connectivity index (χ1v) is 4.25. The Morgan fingerprint density at radius 2 is 2.38 bits per heavy atom. The van der Waals surface area contributed by atoms with E-state index in [9.17, 15) is 5.21 Å². The zero-order valence-corrected chi connectivity index (χ0v) is 7.86. The molecule has 4 heteroatoms. The largest absolute Gasteiger partial charge is 0.361 e. The number of likely N-dealkylation sites (N-methyl/N-ethyl adjacent to an activating group) is 1. The van der Waals surface area contributed by atoms with Crippen LogP contribution in [0.2, 0.25) is 0 Å². The Morgan fingerprint density at radius 1 is 1.69 bits per heavy atom. The first kappa shape index (κ1) is 9.71. The van der Waals surface area contributed by atoms with Gasteiger partial charge in [-0.3, -0.25) is 10.3 Å². The van der Waals surface area contributed by atoms with Crippen LogP contribution >= 0.6 is 0 Å². The fraction of sp³-hybridized carbons (Fsp3) is 0.444. The van der Waals surface area contributed by atoms with Crippen molar-refractivity contribution in [1.82, 2.24) is 5.06 Å². The molecule has 0 amide bonds. The Morgan fingerprint density at radius 3 is 2.85 bits per heavy atom. The molecular weight excluding hydrogens is 166 g/mol. The Hall–Kier alpha value is -1.38. The van der Waals surface area contributed by atoms with E-state index in [4.69, 9.17) is 5.53 Å². The fourth-order valence-electron chi connectivity index (χ4n) is 1.29. The number of hydrogen-bond acceptors (Lipinski definition) is 2. The van der Waals surface area contributed by atoms with Crippen LogP contribution < -0.4 is 0 Å². The molecule has 1 rings (SSSR count). The molecule has 0 saturated heterocycles. The molecule has 4 nitrogen and oxygen atoms in total. The van der Waals surface area contributed by atoms with E-state index in [-0.39, 0.29) is 0 Å². The topological polar surface area (TPSA) is 59.9 Å². The molecule has 13 heavy (non-hydrogen) atoms. The lowest BCUT2D eigenvalue weighted by Crippen LogP contribution is -2.21. The van der Waals surface area contributed by atoms with Crippen LogP contribution in [-0.4, -0.2) is 27.3 Å². The Bertz CT molecular complexity index is 311. The van der Waals surface area contributed by atoms with Crippen molar-refractivity contribution in [2.45, 2.75) is 20.3 Å². The van der Waals surface area contributed by atoms with Gasteiger partial charge in [0.05, 0.1) is 12.1 Å². The molecule has 0 atom stereocenters. The summed E-state index contributed by atoms with van der Waals surface area (Å²) in [5, 5.41) is 10.6. The van der Waals surface area contributed by atoms with Crippen LogP contribution in [-0.2, 0) is 0 Å². The van der Waals surface area contributed by atoms with Gasteiger partial charge in [0.2, 0.25) is 0 Å². The van der Waals surface area contributed by atoms with Crippen LogP contribution in [0.25, 0.3) is 5.53 Å². The van der Waals surface area contributed by atoms with Gasteiger partial charge in [0.15, 0.2) is 0 Å². The minimum Gasteiger partial charge on any atom is -0.361 e. The molecule has 1 aliphatic carbocycles. The van der Waals surface area contributed by atoms with E-state index < -0.39 is 0 Å². The third-order valence-corrected chi connectivity index (χ3v) is 2.00. The van der Waals surface area contributed by atoms with Crippen LogP contribution in [0.1, 0.15) is 20.3 Å². The second-order valence-electron chi connectivity index (χ2n) is 2.93. The van der Waals surface area contributed by atoms with E-state index in [1.807, 2.05) is 19.9 Å². The lowest BCUT2D eigenvalue weighted by atomic mass is 10.0. The summed E-state index contributed by atoms with van der Waals surface area (Å²) < 4.78 is 0. The maximum Gasteiger partial charge on any atom is 0.296 e. The monoisotopic (exact) mass is 179 g/mol. The van der Waals surface area contributed by atoms with Gasteiger partial charge in [0, 0.05) is 12.6 Å². The summed E-state index contributed by atoms with van der Waals surface area (Å²) in [6, 6.07) is 0. The van der Waals surface area contributed by atoms with E-state index in [1.165, 1.54) is 5.06 Å². The highest BCUT2D eigenvalue weighted by Crippen LogP contribution is 2.18. The second kappa shape index (κ2) is 4.03. The van der Waals surface area contributed by atoms with E-state index in [1.54, 1.807) is 6.08 Å². The van der Waals surface area contributed by atoms with Crippen LogP contribution in [0.3, 0.4) is 0 Å². The van der Waals surface area contributed by atoms with Crippen molar-refractivity contribution in [3.8, 4) is 0 Å². The average Bonchev–Trinajstić information content (AvgIpc) is 2.16. The van der Waals surface area contributed by atoms with Crippen LogP contribution in [0.5, 0.6) is 0 Å². The van der Waals surface area contributed by atoms with Gasteiger partial charge in [-0.05, 0) is 25.5 Å². The Kier molecular flexibility index (Phi) is 3.01. The lowest BCUT2D eigenvalue weighted by molar-refractivity contribution is -0.0482. The van der Waals surface area contributed by atoms with Gasteiger partial charge in [0.25, 0.3) is 5.71 Å². The summed E-state index contributed by atoms with van der Waals surface area (Å²) in [6.45, 7) is 4.28. The van der Waals surface area contributed by atoms with Gasteiger partial charge in [-0.15, -0.1) is 0 Å². The van der Waals surface area contributed by atoms with Gasteiger partial charge >= 0.3 is 0 Å². The van der Waals surface area contributed by atoms with Gasteiger partial charge in [-0.25, -0.2) is 0 Å². The Balaban J connectivity index is 2.88. The van der Waals surface area contributed by atoms with E-state index in [0.29, 0.717) is 18.7 Å². The highest BCUT2D eigenvalue weighted by atomic mass is 16.5. The highest BCUT2D eigenvalue weighted by molar-refractivity contribution is 5.93. The SMILES string of the molecule is CCN(O)C1=CCC(=[N+]=[N-])C=C1C. The average molecular weight is 179 g/mol. The highest BCUT2D eigenvalue weighted by Gasteiger charge is 2.16. The van der Waals surface area contributed by atoms with Crippen molar-refractivity contribution < 1.29 is 10.00 Å². The number of hydroxylamine groups is 2. The fourth-order valence-corrected chi connectivity index (χ4v) is 1.29. The summed E-state index contributed by atoms with van der Waals surface area (Å²) in [5.74, 6) is 0. The van der Waals surface area contributed by atoms with E-state index in [0.717, 1.165) is 11.3 Å². The first-order chi connectivity index (χ1) is 6.19. The number of rotatable bonds is 2. The molecule has 0 aromatic heterocycles. The molecule has 1 aliphatic rings. The molecule has 0 bridgehead atoms. The molecule has 0 aromatic rings. The molecule has 70 valence electrons. The normalized spacial score (nSPS) is 16.1. The predicted octanol–water partition coefficient (Wildman–Crippen LogP) is 1.60. The quantitative estimate of drug-likeness (QED) is 0.397. The van der Waals surface area contributed by atoms with Gasteiger partial charge in [0.1, 0.15) is 0 Å². The number of allylic oxidation sites excluding steroid dienone is 3. The van der Waals surface area contributed by atoms with E-state index in [2.05, 4.69) is 4.79 Å². The standard InChI is InChI=1S/C9H13N3O/c1-3-12(13)9-5-4-8(11-10)6-7(9)2/h5-6,13H,3-4H2,1-2H3. The van der Waals surface area contributed by atoms with Gasteiger partial charge in [-0.2, -0.15) is 4.79 Å². The molecule has 0 aromatic carbocycles. The maximum atomic E-state index is 9.43. The zero-order chi connectivity index (χ0) is 9.84. The molecule has 0 spiro atoms. The predicted molar refractivity (Wildman–Crippen MR) is 49.2 cm³/mol. The van der Waals surface area contributed by atoms with Crippen molar-refractivity contribution >= 4 is 5.71 Å². The molecule has 0 radical (unpaired) electrons. The van der Waals surface area contributed by atoms with Gasteiger partial charge in [-0.1, -0.05) is 0 Å². The smallest absolute Gasteiger partial charge is 0.296 e.